The van der Waals surface area contributed by atoms with Crippen molar-refractivity contribution in [3.63, 3.8) is 0 Å². The van der Waals surface area contributed by atoms with Gasteiger partial charge in [0, 0.05) is 6.07 Å². The third-order valence-electron chi connectivity index (χ3n) is 3.27. The molecule has 0 bridgehead atoms. The predicted molar refractivity (Wildman–Crippen MR) is 94.5 cm³/mol. The summed E-state index contributed by atoms with van der Waals surface area (Å²) in [5, 5.41) is -0.190. The van der Waals surface area contributed by atoms with Gasteiger partial charge in [-0.3, -0.25) is 4.72 Å². The van der Waals surface area contributed by atoms with Gasteiger partial charge in [-0.25, -0.2) is 8.42 Å². The van der Waals surface area contributed by atoms with Gasteiger partial charge in [0.05, 0.1) is 35.0 Å². The maximum atomic E-state index is 12.9. The molecular formula is C15H12BrClF3NO4S. The maximum absolute atomic E-state index is 12.9. The van der Waals surface area contributed by atoms with Crippen molar-refractivity contribution in [2.24, 2.45) is 0 Å². The van der Waals surface area contributed by atoms with E-state index in [1.54, 1.807) is 0 Å². The molecule has 0 aliphatic heterocycles. The van der Waals surface area contributed by atoms with Gasteiger partial charge in [-0.1, -0.05) is 11.6 Å². The fourth-order valence-electron chi connectivity index (χ4n) is 2.02. The molecule has 0 unspecified atom stereocenters. The van der Waals surface area contributed by atoms with E-state index in [1.807, 2.05) is 0 Å². The third kappa shape index (κ3) is 4.36. The second kappa shape index (κ2) is 7.53. The first-order chi connectivity index (χ1) is 12.0. The van der Waals surface area contributed by atoms with E-state index in [-0.39, 0.29) is 21.4 Å². The quantitative estimate of drug-likeness (QED) is 0.667. The van der Waals surface area contributed by atoms with Crippen molar-refractivity contribution in [1.29, 1.82) is 0 Å². The van der Waals surface area contributed by atoms with E-state index < -0.39 is 27.5 Å². The Morgan fingerprint density at radius 3 is 2.23 bits per heavy atom. The Balaban J connectivity index is 2.54. The summed E-state index contributed by atoms with van der Waals surface area (Å²) in [4.78, 5) is -0.325. The number of alkyl halides is 3. The van der Waals surface area contributed by atoms with Crippen molar-refractivity contribution < 1.29 is 31.1 Å². The van der Waals surface area contributed by atoms with Crippen molar-refractivity contribution in [2.45, 2.75) is 11.1 Å². The Labute approximate surface area is 161 Å². The zero-order valence-corrected chi connectivity index (χ0v) is 16.5. The van der Waals surface area contributed by atoms with Crippen molar-refractivity contribution in [2.75, 3.05) is 18.9 Å². The molecule has 0 atom stereocenters. The fourth-order valence-corrected chi connectivity index (χ4v) is 3.96. The van der Waals surface area contributed by atoms with Crippen LogP contribution in [0.3, 0.4) is 0 Å². The lowest BCUT2D eigenvalue weighted by molar-refractivity contribution is -0.137. The lowest BCUT2D eigenvalue weighted by Gasteiger charge is -2.16. The molecule has 0 saturated heterocycles. The smallest absolute Gasteiger partial charge is 0.416 e. The first-order valence-electron chi connectivity index (χ1n) is 6.80. The largest absolute Gasteiger partial charge is 0.496 e. The maximum Gasteiger partial charge on any atom is 0.416 e. The molecule has 0 heterocycles. The summed E-state index contributed by atoms with van der Waals surface area (Å²) in [7, 11) is -1.73. The lowest BCUT2D eigenvalue weighted by atomic mass is 10.2. The molecular weight excluding hydrogens is 463 g/mol. The number of hydrogen-bond donors (Lipinski definition) is 1. The van der Waals surface area contributed by atoms with E-state index >= 15 is 0 Å². The van der Waals surface area contributed by atoms with Gasteiger partial charge in [-0.05, 0) is 40.2 Å². The van der Waals surface area contributed by atoms with Crippen LogP contribution in [0.15, 0.2) is 39.7 Å². The average molecular weight is 475 g/mol. The zero-order chi connectivity index (χ0) is 19.7. The summed E-state index contributed by atoms with van der Waals surface area (Å²) in [6.07, 6.45) is -4.65. The highest BCUT2D eigenvalue weighted by Crippen LogP contribution is 2.38. The summed E-state index contributed by atoms with van der Waals surface area (Å²) in [6.45, 7) is 0. The van der Waals surface area contributed by atoms with Crippen LogP contribution in [-0.2, 0) is 16.2 Å². The standard InChI is InChI=1S/C15H12BrClF3NO4S/c1-24-12-7-14(13(25-2)6-9(12)16)26(22,23)21-11-5-8(15(18,19)20)3-4-10(11)17/h3-7,21H,1-2H3. The van der Waals surface area contributed by atoms with Crippen LogP contribution >= 0.6 is 27.5 Å². The molecule has 0 fully saturated rings. The van der Waals surface area contributed by atoms with Gasteiger partial charge in [0.15, 0.2) is 0 Å². The van der Waals surface area contributed by atoms with Crippen LogP contribution in [0.2, 0.25) is 5.02 Å². The van der Waals surface area contributed by atoms with Gasteiger partial charge in [-0.15, -0.1) is 0 Å². The van der Waals surface area contributed by atoms with Gasteiger partial charge in [0.1, 0.15) is 16.4 Å². The molecule has 0 aromatic heterocycles. The first kappa shape index (κ1) is 20.7. The molecule has 2 aromatic carbocycles. The second-order valence-electron chi connectivity index (χ2n) is 4.94. The highest BCUT2D eigenvalue weighted by atomic mass is 79.9. The van der Waals surface area contributed by atoms with E-state index in [9.17, 15) is 21.6 Å². The Morgan fingerprint density at radius 1 is 1.08 bits per heavy atom. The predicted octanol–water partition coefficient (Wildman–Crippen LogP) is 4.94. The molecule has 5 nitrogen and oxygen atoms in total. The lowest BCUT2D eigenvalue weighted by Crippen LogP contribution is -2.15. The minimum Gasteiger partial charge on any atom is -0.496 e. The molecule has 2 aromatic rings. The van der Waals surface area contributed by atoms with Crippen LogP contribution in [0.5, 0.6) is 11.5 Å². The van der Waals surface area contributed by atoms with E-state index in [4.69, 9.17) is 21.1 Å². The molecule has 0 spiro atoms. The number of ether oxygens (including phenoxy) is 2. The van der Waals surface area contributed by atoms with Crippen molar-refractivity contribution >= 4 is 43.2 Å². The molecule has 2 rings (SSSR count). The van der Waals surface area contributed by atoms with Gasteiger partial charge < -0.3 is 9.47 Å². The topological polar surface area (TPSA) is 64.6 Å². The summed E-state index contributed by atoms with van der Waals surface area (Å²) >= 11 is 9.03. The minimum absolute atomic E-state index is 0.0340. The zero-order valence-electron chi connectivity index (χ0n) is 13.3. The van der Waals surface area contributed by atoms with E-state index in [0.29, 0.717) is 10.5 Å². The molecule has 1 N–H and O–H groups in total. The summed E-state index contributed by atoms with van der Waals surface area (Å²) in [5.41, 5.74) is -1.45. The van der Waals surface area contributed by atoms with Gasteiger partial charge in [-0.2, -0.15) is 13.2 Å². The Bertz CT molecular complexity index is 935. The Morgan fingerprint density at radius 2 is 1.69 bits per heavy atom. The number of hydrogen-bond acceptors (Lipinski definition) is 4. The number of rotatable bonds is 5. The molecule has 0 saturated carbocycles. The molecule has 0 radical (unpaired) electrons. The number of anilines is 1. The summed E-state index contributed by atoms with van der Waals surface area (Å²) in [5.74, 6) is 0.162. The number of halogens is 5. The SMILES string of the molecule is COc1cc(S(=O)(=O)Nc2cc(C(F)(F)F)ccc2Cl)c(OC)cc1Br. The van der Waals surface area contributed by atoms with Crippen LogP contribution < -0.4 is 14.2 Å². The molecule has 142 valence electrons. The number of nitrogens with one attached hydrogen (secondary N) is 1. The first-order valence-corrected chi connectivity index (χ1v) is 9.46. The summed E-state index contributed by atoms with van der Waals surface area (Å²) in [6, 6.07) is 4.86. The van der Waals surface area contributed by atoms with Gasteiger partial charge in [0.2, 0.25) is 0 Å². The second-order valence-corrected chi connectivity index (χ2v) is 7.85. The van der Waals surface area contributed by atoms with Crippen molar-refractivity contribution in [1.82, 2.24) is 0 Å². The molecule has 0 aliphatic carbocycles. The van der Waals surface area contributed by atoms with E-state index in [2.05, 4.69) is 20.7 Å². The highest BCUT2D eigenvalue weighted by molar-refractivity contribution is 9.10. The van der Waals surface area contributed by atoms with Crippen LogP contribution in [0.25, 0.3) is 0 Å². The van der Waals surface area contributed by atoms with Crippen LogP contribution in [-0.4, -0.2) is 22.6 Å². The van der Waals surface area contributed by atoms with Gasteiger partial charge >= 0.3 is 6.18 Å². The number of benzene rings is 2. The number of sulfonamides is 1. The highest BCUT2D eigenvalue weighted by Gasteiger charge is 2.32. The minimum atomic E-state index is -4.65. The van der Waals surface area contributed by atoms with Gasteiger partial charge in [0.25, 0.3) is 10.0 Å². The van der Waals surface area contributed by atoms with E-state index in [0.717, 1.165) is 12.1 Å². The third-order valence-corrected chi connectivity index (χ3v) is 5.60. The molecule has 0 aliphatic rings. The monoisotopic (exact) mass is 473 g/mol. The normalized spacial score (nSPS) is 12.0. The van der Waals surface area contributed by atoms with E-state index in [1.165, 1.54) is 26.4 Å². The molecule has 11 heteroatoms. The number of methoxy groups -OCH3 is 2. The fraction of sp³-hybridized carbons (Fsp3) is 0.200. The molecule has 0 amide bonds. The average Bonchev–Trinajstić information content (AvgIpc) is 2.55. The van der Waals surface area contributed by atoms with Crippen molar-refractivity contribution in [3.05, 3.63) is 45.4 Å². The van der Waals surface area contributed by atoms with Crippen molar-refractivity contribution in [3.8, 4) is 11.5 Å². The summed E-state index contributed by atoms with van der Waals surface area (Å²) < 4.78 is 76.5. The Kier molecular flexibility index (Phi) is 5.99. The van der Waals surface area contributed by atoms with Crippen LogP contribution in [0, 0.1) is 0 Å². The molecule has 26 heavy (non-hydrogen) atoms. The van der Waals surface area contributed by atoms with Crippen LogP contribution in [0.4, 0.5) is 18.9 Å². The van der Waals surface area contributed by atoms with Crippen LogP contribution in [0.1, 0.15) is 5.56 Å². The Hall–Kier alpha value is -1.65.